The van der Waals surface area contributed by atoms with Gasteiger partial charge >= 0.3 is 6.09 Å². The Morgan fingerprint density at radius 1 is 1.15 bits per heavy atom. The van der Waals surface area contributed by atoms with Crippen LogP contribution in [-0.2, 0) is 9.53 Å². The molecule has 0 aliphatic carbocycles. The summed E-state index contributed by atoms with van der Waals surface area (Å²) in [6, 6.07) is 7.08. The predicted octanol–water partition coefficient (Wildman–Crippen LogP) is 2.49. The van der Waals surface area contributed by atoms with Crippen molar-refractivity contribution in [3.05, 3.63) is 36.0 Å². The number of rotatable bonds is 8. The molecule has 178 valence electrons. The number of carbonyl (C=O) groups excluding carboxylic acids is 3. The number of hydrogen-bond acceptors (Lipinski definition) is 7. The second-order valence-corrected chi connectivity index (χ2v) is 8.93. The maximum atomic E-state index is 12.3. The summed E-state index contributed by atoms with van der Waals surface area (Å²) < 4.78 is 11.3. The molecule has 1 saturated heterocycles. The van der Waals surface area contributed by atoms with Gasteiger partial charge in [-0.25, -0.2) is 4.79 Å². The molecular formula is C24H32N4O5. The second kappa shape index (κ2) is 11.1. The number of carbonyl (C=O) groups is 3. The normalized spacial score (nSPS) is 14.7. The van der Waals surface area contributed by atoms with E-state index in [1.807, 2.05) is 32.9 Å². The average Bonchev–Trinajstić information content (AvgIpc) is 2.79. The van der Waals surface area contributed by atoms with E-state index in [9.17, 15) is 14.4 Å². The van der Waals surface area contributed by atoms with Crippen molar-refractivity contribution in [2.45, 2.75) is 32.8 Å². The van der Waals surface area contributed by atoms with Gasteiger partial charge in [-0.3, -0.25) is 14.7 Å². The van der Waals surface area contributed by atoms with E-state index in [2.05, 4.69) is 15.2 Å². The number of benzene rings is 1. The molecule has 1 aliphatic heterocycles. The molecule has 0 bridgehead atoms. The summed E-state index contributed by atoms with van der Waals surface area (Å²) in [5.41, 5.74) is 0.656. The van der Waals surface area contributed by atoms with E-state index < -0.39 is 5.60 Å². The number of pyridine rings is 1. The number of aldehydes is 1. The zero-order valence-electron chi connectivity index (χ0n) is 19.5. The molecule has 2 aromatic rings. The largest absolute Gasteiger partial charge is 0.494 e. The predicted molar refractivity (Wildman–Crippen MR) is 124 cm³/mol. The molecule has 0 radical (unpaired) electrons. The number of fused-ring (bicyclic) bond motifs is 1. The van der Waals surface area contributed by atoms with Gasteiger partial charge in [0.25, 0.3) is 5.91 Å². The third-order valence-corrected chi connectivity index (χ3v) is 5.21. The molecule has 1 fully saturated rings. The van der Waals surface area contributed by atoms with E-state index in [0.29, 0.717) is 48.2 Å². The lowest BCUT2D eigenvalue weighted by Gasteiger charge is -2.35. The minimum atomic E-state index is -0.482. The van der Waals surface area contributed by atoms with Gasteiger partial charge in [-0.1, -0.05) is 0 Å². The van der Waals surface area contributed by atoms with Crippen molar-refractivity contribution in [1.29, 1.82) is 0 Å². The number of aromatic nitrogens is 1. The highest BCUT2D eigenvalue weighted by Crippen LogP contribution is 2.23. The third kappa shape index (κ3) is 7.15. The summed E-state index contributed by atoms with van der Waals surface area (Å²) >= 11 is 0. The topological polar surface area (TPSA) is 101 Å². The van der Waals surface area contributed by atoms with Crippen LogP contribution in [-0.4, -0.2) is 84.5 Å². The van der Waals surface area contributed by atoms with Crippen molar-refractivity contribution >= 4 is 29.2 Å². The van der Waals surface area contributed by atoms with Gasteiger partial charge in [-0.2, -0.15) is 0 Å². The van der Waals surface area contributed by atoms with Gasteiger partial charge < -0.3 is 24.5 Å². The summed E-state index contributed by atoms with van der Waals surface area (Å²) in [6.45, 7) is 9.90. The maximum Gasteiger partial charge on any atom is 0.410 e. The molecule has 2 amide bonds. The van der Waals surface area contributed by atoms with Crippen molar-refractivity contribution in [3.8, 4) is 5.75 Å². The van der Waals surface area contributed by atoms with Gasteiger partial charge in [0.15, 0.2) is 0 Å². The van der Waals surface area contributed by atoms with Gasteiger partial charge in [0.1, 0.15) is 17.6 Å². The average molecular weight is 457 g/mol. The number of ether oxygens (including phenoxy) is 2. The van der Waals surface area contributed by atoms with Crippen LogP contribution in [0.1, 0.15) is 37.6 Å². The molecule has 0 spiro atoms. The van der Waals surface area contributed by atoms with Gasteiger partial charge in [0.05, 0.1) is 24.2 Å². The van der Waals surface area contributed by atoms with Crippen molar-refractivity contribution in [1.82, 2.24) is 20.1 Å². The third-order valence-electron chi connectivity index (χ3n) is 5.21. The Hall–Kier alpha value is -3.20. The molecule has 1 aromatic carbocycles. The highest BCUT2D eigenvalue weighted by Gasteiger charge is 2.25. The van der Waals surface area contributed by atoms with Crippen molar-refractivity contribution < 1.29 is 23.9 Å². The van der Waals surface area contributed by atoms with Gasteiger partial charge in [0.2, 0.25) is 0 Å². The van der Waals surface area contributed by atoms with Gasteiger partial charge in [-0.05, 0) is 51.5 Å². The van der Waals surface area contributed by atoms with Gasteiger partial charge in [0, 0.05) is 44.3 Å². The highest BCUT2D eigenvalue weighted by molar-refractivity contribution is 6.06. The van der Waals surface area contributed by atoms with Crippen LogP contribution in [0.15, 0.2) is 30.5 Å². The summed E-state index contributed by atoms with van der Waals surface area (Å²) in [4.78, 5) is 43.4. The van der Waals surface area contributed by atoms with Crippen molar-refractivity contribution in [2.75, 3.05) is 45.9 Å². The number of amides is 2. The van der Waals surface area contributed by atoms with Crippen LogP contribution in [0.4, 0.5) is 4.79 Å². The number of hydrogen-bond donors (Lipinski definition) is 1. The number of piperazine rings is 1. The molecular weight excluding hydrogens is 424 g/mol. The maximum absolute atomic E-state index is 12.3. The first-order valence-electron chi connectivity index (χ1n) is 11.2. The number of nitrogens with one attached hydrogen (secondary N) is 1. The Morgan fingerprint density at radius 3 is 2.61 bits per heavy atom. The van der Waals surface area contributed by atoms with Crippen LogP contribution in [0.25, 0.3) is 10.9 Å². The Labute approximate surface area is 194 Å². The molecule has 0 atom stereocenters. The Bertz CT molecular complexity index is 980. The molecule has 2 heterocycles. The standard InChI is InChI=1S/C24H32N4O5/c1-24(2,3)33-23(31)28-13-11-27(12-14-28)10-4-16-32-18-5-6-21-20(17-18)19(7-8-25-21)22(30)26-9-15-29/h5-8,15,17H,4,9-14,16H2,1-3H3,(H,26,30). The smallest absolute Gasteiger partial charge is 0.410 e. The van der Waals surface area contributed by atoms with Crippen molar-refractivity contribution in [2.24, 2.45) is 0 Å². The molecule has 0 saturated carbocycles. The fraction of sp³-hybridized carbons (Fsp3) is 0.500. The lowest BCUT2D eigenvalue weighted by molar-refractivity contribution is -0.107. The second-order valence-electron chi connectivity index (χ2n) is 8.93. The molecule has 1 aromatic heterocycles. The fourth-order valence-electron chi connectivity index (χ4n) is 3.60. The molecule has 0 unspecified atom stereocenters. The van der Waals surface area contributed by atoms with E-state index in [-0.39, 0.29) is 18.5 Å². The van der Waals surface area contributed by atoms with Crippen LogP contribution in [0.5, 0.6) is 5.75 Å². The molecule has 9 heteroatoms. The fourth-order valence-corrected chi connectivity index (χ4v) is 3.60. The van der Waals surface area contributed by atoms with E-state index >= 15 is 0 Å². The first kappa shape index (κ1) is 24.4. The molecule has 33 heavy (non-hydrogen) atoms. The molecule has 3 rings (SSSR count). The lowest BCUT2D eigenvalue weighted by atomic mass is 10.1. The van der Waals surface area contributed by atoms with Crippen LogP contribution in [0, 0.1) is 0 Å². The Kier molecular flexibility index (Phi) is 8.21. The van der Waals surface area contributed by atoms with Crippen LogP contribution in [0.3, 0.4) is 0 Å². The van der Waals surface area contributed by atoms with E-state index in [1.165, 1.54) is 0 Å². The zero-order chi connectivity index (χ0) is 23.8. The summed E-state index contributed by atoms with van der Waals surface area (Å²) in [5.74, 6) is 0.340. The summed E-state index contributed by atoms with van der Waals surface area (Å²) in [6.07, 6.45) is 2.80. The Morgan fingerprint density at radius 2 is 1.91 bits per heavy atom. The summed E-state index contributed by atoms with van der Waals surface area (Å²) in [7, 11) is 0. The minimum Gasteiger partial charge on any atom is -0.494 e. The zero-order valence-corrected chi connectivity index (χ0v) is 19.5. The molecule has 9 nitrogen and oxygen atoms in total. The van der Waals surface area contributed by atoms with E-state index in [1.54, 1.807) is 23.2 Å². The molecule has 1 aliphatic rings. The van der Waals surface area contributed by atoms with E-state index in [4.69, 9.17) is 9.47 Å². The van der Waals surface area contributed by atoms with Crippen LogP contribution >= 0.6 is 0 Å². The number of nitrogens with zero attached hydrogens (tertiary/aromatic N) is 3. The first-order valence-corrected chi connectivity index (χ1v) is 11.2. The van der Waals surface area contributed by atoms with Crippen LogP contribution in [0.2, 0.25) is 0 Å². The highest BCUT2D eigenvalue weighted by atomic mass is 16.6. The Balaban J connectivity index is 1.46. The first-order chi connectivity index (χ1) is 15.8. The van der Waals surface area contributed by atoms with Crippen LogP contribution < -0.4 is 10.1 Å². The van der Waals surface area contributed by atoms with E-state index in [0.717, 1.165) is 26.1 Å². The monoisotopic (exact) mass is 456 g/mol. The molecule has 1 N–H and O–H groups in total. The quantitative estimate of drug-likeness (QED) is 0.481. The van der Waals surface area contributed by atoms with Gasteiger partial charge in [-0.15, -0.1) is 0 Å². The lowest BCUT2D eigenvalue weighted by Crippen LogP contribution is -2.50. The SMILES string of the molecule is CC(C)(C)OC(=O)N1CCN(CCCOc2ccc3nccc(C(=O)NCC=O)c3c2)CC1. The minimum absolute atomic E-state index is 0.0368. The van der Waals surface area contributed by atoms with Crippen molar-refractivity contribution in [3.63, 3.8) is 0 Å². The summed E-state index contributed by atoms with van der Waals surface area (Å²) in [5, 5.41) is 3.23.